The first kappa shape index (κ1) is 43.5. The summed E-state index contributed by atoms with van der Waals surface area (Å²) in [5.41, 5.74) is 3.29. The summed E-state index contributed by atoms with van der Waals surface area (Å²) in [5, 5.41) is 0. The van der Waals surface area contributed by atoms with Crippen molar-refractivity contribution in [3.8, 4) is 0 Å². The maximum absolute atomic E-state index is 13.2. The highest BCUT2D eigenvalue weighted by Crippen LogP contribution is 2.36. The number of benzene rings is 4. The highest BCUT2D eigenvalue weighted by Gasteiger charge is 2.54. The number of carbonyl (C=O) groups excluding carboxylic acids is 1. The average molecular weight is 803 g/mol. The van der Waals surface area contributed by atoms with Crippen LogP contribution in [0.1, 0.15) is 34.0 Å². The predicted octanol–water partition coefficient (Wildman–Crippen LogP) is 6.08. The Labute approximate surface area is 340 Å². The van der Waals surface area contributed by atoms with Gasteiger partial charge in [0.15, 0.2) is 12.6 Å². The van der Waals surface area contributed by atoms with E-state index in [0.717, 1.165) is 16.7 Å². The van der Waals surface area contributed by atoms with Gasteiger partial charge in [0.25, 0.3) is 0 Å². The van der Waals surface area contributed by atoms with Gasteiger partial charge in [-0.05, 0) is 35.7 Å². The van der Waals surface area contributed by atoms with Crippen LogP contribution in [0.25, 0.3) is 0 Å². The van der Waals surface area contributed by atoms with Crippen LogP contribution in [0, 0.1) is 0 Å². The largest absolute Gasteiger partial charge is 0.459 e. The van der Waals surface area contributed by atoms with E-state index in [-0.39, 0.29) is 33.4 Å². The van der Waals surface area contributed by atoms with Crippen molar-refractivity contribution >= 4 is 5.97 Å². The zero-order chi connectivity index (χ0) is 40.5. The highest BCUT2D eigenvalue weighted by molar-refractivity contribution is 5.89. The second kappa shape index (κ2) is 22.9. The Balaban J connectivity index is 1.35. The summed E-state index contributed by atoms with van der Waals surface area (Å²) in [7, 11) is 4.50. The lowest BCUT2D eigenvalue weighted by molar-refractivity contribution is -0.376. The van der Waals surface area contributed by atoms with Crippen molar-refractivity contribution in [2.45, 2.75) is 88.2 Å². The van der Waals surface area contributed by atoms with Gasteiger partial charge in [-0.1, -0.05) is 109 Å². The second-order valence-corrected chi connectivity index (χ2v) is 13.9. The molecule has 312 valence electrons. The van der Waals surface area contributed by atoms with Crippen molar-refractivity contribution in [3.05, 3.63) is 144 Å². The Morgan fingerprint density at radius 3 is 1.48 bits per heavy atom. The van der Waals surface area contributed by atoms with Crippen LogP contribution in [0.4, 0.5) is 0 Å². The maximum Gasteiger partial charge on any atom is 0.338 e. The van der Waals surface area contributed by atoms with Crippen molar-refractivity contribution in [2.75, 3.05) is 41.5 Å². The fourth-order valence-electron chi connectivity index (χ4n) is 6.97. The van der Waals surface area contributed by atoms with Crippen molar-refractivity contribution in [1.29, 1.82) is 0 Å². The molecular weight excluding hydrogens is 748 g/mol. The number of rotatable bonds is 21. The van der Waals surface area contributed by atoms with E-state index in [2.05, 4.69) is 0 Å². The lowest BCUT2D eigenvalue weighted by Gasteiger charge is -2.49. The minimum Gasteiger partial charge on any atom is -0.459 e. The van der Waals surface area contributed by atoms with E-state index in [4.69, 9.17) is 56.8 Å². The van der Waals surface area contributed by atoms with E-state index in [0.29, 0.717) is 12.2 Å². The zero-order valence-electron chi connectivity index (χ0n) is 33.4. The third-order valence-electron chi connectivity index (χ3n) is 9.84. The van der Waals surface area contributed by atoms with Gasteiger partial charge in [0.1, 0.15) is 62.9 Å². The van der Waals surface area contributed by atoms with Gasteiger partial charge in [0.2, 0.25) is 0 Å². The Kier molecular flexibility index (Phi) is 17.2. The summed E-state index contributed by atoms with van der Waals surface area (Å²) < 4.78 is 75.0. The summed E-state index contributed by atoms with van der Waals surface area (Å²) >= 11 is 0. The Morgan fingerprint density at radius 2 is 0.966 bits per heavy atom. The molecule has 0 aliphatic carbocycles. The van der Waals surface area contributed by atoms with Crippen molar-refractivity contribution in [3.63, 3.8) is 0 Å². The molecule has 4 aromatic carbocycles. The molecule has 2 saturated heterocycles. The van der Waals surface area contributed by atoms with Gasteiger partial charge in [0, 0.05) is 21.3 Å². The molecule has 2 aliphatic heterocycles. The molecule has 0 saturated carbocycles. The zero-order valence-corrected chi connectivity index (χ0v) is 33.4. The fourth-order valence-corrected chi connectivity index (χ4v) is 6.97. The number of hydrogen-bond donors (Lipinski definition) is 0. The summed E-state index contributed by atoms with van der Waals surface area (Å²) in [4.78, 5) is 13.2. The Hall–Kier alpha value is -4.09. The standard InChI is InChI=1S/C45H54O13/c1-31-37(50-25-32-17-9-5-10-18-32)39(51-26-33-19-11-6-12-20-33)42(52-27-34-21-13-7-14-22-34)45(56-31)58-38-36(28-53-43(46)35-23-15-8-16-24-35)57-44(49-4)41(55-30-48-3)40(38)54-29-47-2/h5-24,31,36-42,44-45H,25-30H2,1-4H3/t31-,36+,37+,38+,39+,40-,41+,42-,44-,45-/m0/s1. The number of ether oxygens (including phenoxy) is 12. The molecule has 13 nitrogen and oxygen atoms in total. The maximum atomic E-state index is 13.2. The summed E-state index contributed by atoms with van der Waals surface area (Å²) in [6, 6.07) is 38.3. The molecular formula is C45H54O13. The number of hydrogen-bond acceptors (Lipinski definition) is 13. The average Bonchev–Trinajstić information content (AvgIpc) is 3.27. The van der Waals surface area contributed by atoms with E-state index < -0.39 is 67.4 Å². The molecule has 0 aromatic heterocycles. The lowest BCUT2D eigenvalue weighted by atomic mass is 9.96. The Morgan fingerprint density at radius 1 is 0.517 bits per heavy atom. The van der Waals surface area contributed by atoms with Crippen LogP contribution >= 0.6 is 0 Å². The summed E-state index contributed by atoms with van der Waals surface area (Å²) in [5.74, 6) is -0.538. The van der Waals surface area contributed by atoms with Gasteiger partial charge in [-0.15, -0.1) is 0 Å². The minimum atomic E-state index is -1.08. The molecule has 0 N–H and O–H groups in total. The second-order valence-electron chi connectivity index (χ2n) is 13.9. The fraction of sp³-hybridized carbons (Fsp3) is 0.444. The van der Waals surface area contributed by atoms with E-state index in [1.165, 1.54) is 21.3 Å². The van der Waals surface area contributed by atoms with Crippen molar-refractivity contribution in [1.82, 2.24) is 0 Å². The van der Waals surface area contributed by atoms with E-state index in [9.17, 15) is 4.79 Å². The molecule has 0 spiro atoms. The molecule has 4 aromatic rings. The monoisotopic (exact) mass is 802 g/mol. The molecule has 0 unspecified atom stereocenters. The number of esters is 1. The molecule has 2 fully saturated rings. The van der Waals surface area contributed by atoms with Crippen LogP contribution in [0.5, 0.6) is 0 Å². The van der Waals surface area contributed by atoms with Crippen LogP contribution in [0.2, 0.25) is 0 Å². The molecule has 2 heterocycles. The molecule has 0 bridgehead atoms. The van der Waals surface area contributed by atoms with Crippen molar-refractivity contribution in [2.24, 2.45) is 0 Å². The quantitative estimate of drug-likeness (QED) is 0.0714. The molecule has 58 heavy (non-hydrogen) atoms. The predicted molar refractivity (Wildman–Crippen MR) is 210 cm³/mol. The molecule has 0 amide bonds. The van der Waals surface area contributed by atoms with Crippen LogP contribution in [0.15, 0.2) is 121 Å². The van der Waals surface area contributed by atoms with Gasteiger partial charge >= 0.3 is 5.97 Å². The molecule has 13 heteroatoms. The third-order valence-corrected chi connectivity index (χ3v) is 9.84. The molecule has 0 radical (unpaired) electrons. The molecule has 10 atom stereocenters. The smallest absolute Gasteiger partial charge is 0.338 e. The number of carbonyl (C=O) groups is 1. The van der Waals surface area contributed by atoms with E-state index in [1.54, 1.807) is 24.3 Å². The van der Waals surface area contributed by atoms with Crippen LogP contribution in [0.3, 0.4) is 0 Å². The van der Waals surface area contributed by atoms with Crippen LogP contribution in [-0.4, -0.2) is 109 Å². The third kappa shape index (κ3) is 12.0. The van der Waals surface area contributed by atoms with Gasteiger partial charge in [-0.3, -0.25) is 0 Å². The van der Waals surface area contributed by atoms with Gasteiger partial charge in [-0.2, -0.15) is 0 Å². The minimum absolute atomic E-state index is 0.100. The van der Waals surface area contributed by atoms with Gasteiger partial charge in [-0.25, -0.2) is 4.79 Å². The Bertz CT molecular complexity index is 1730. The van der Waals surface area contributed by atoms with Crippen LogP contribution < -0.4 is 0 Å². The van der Waals surface area contributed by atoms with Crippen LogP contribution in [-0.2, 0) is 76.7 Å². The normalized spacial score (nSPS) is 27.2. The van der Waals surface area contributed by atoms with Gasteiger partial charge in [0.05, 0.1) is 31.5 Å². The molecule has 2 aliphatic rings. The summed E-state index contributed by atoms with van der Waals surface area (Å²) in [6.45, 7) is 2.27. The molecule has 6 rings (SSSR count). The van der Waals surface area contributed by atoms with E-state index >= 15 is 0 Å². The number of methoxy groups -OCH3 is 3. The highest BCUT2D eigenvalue weighted by atomic mass is 16.8. The lowest BCUT2D eigenvalue weighted by Crippen LogP contribution is -2.66. The SMILES string of the molecule is COCO[C@@H]1[C@@H](OCOC)[C@@H](OC)O[C@H](COC(=O)c2ccccc2)[C@H]1O[C@@H]1O[C@@H](C)[C@@H](OCc2ccccc2)[C@@H](OCc2ccccc2)[C@@H]1OCc1ccccc1. The first-order valence-electron chi connectivity index (χ1n) is 19.4. The van der Waals surface area contributed by atoms with Gasteiger partial charge < -0.3 is 56.8 Å². The van der Waals surface area contributed by atoms with Crippen molar-refractivity contribution < 1.29 is 61.6 Å². The first-order valence-corrected chi connectivity index (χ1v) is 19.4. The summed E-state index contributed by atoms with van der Waals surface area (Å²) in [6.07, 6.45) is -8.42. The van der Waals surface area contributed by atoms with E-state index in [1.807, 2.05) is 104 Å². The first-order chi connectivity index (χ1) is 28.5. The topological polar surface area (TPSA) is 128 Å².